The Balaban J connectivity index is 0.00000384. The molecule has 1 unspecified atom stereocenters. The Labute approximate surface area is 373 Å². The van der Waals surface area contributed by atoms with E-state index in [1.807, 2.05) is 0 Å². The first-order valence-electron chi connectivity index (χ1n) is 19.8. The smallest absolute Gasteiger partial charge is 1.00 e. The van der Waals surface area contributed by atoms with Crippen LogP contribution in [0.3, 0.4) is 0 Å². The van der Waals surface area contributed by atoms with E-state index >= 15 is 0 Å². The number of fused-ring (bicyclic) bond motifs is 2. The number of halogens is 8. The Morgan fingerprint density at radius 1 is 0.644 bits per heavy atom. The summed E-state index contributed by atoms with van der Waals surface area (Å²) >= 11 is 1.22. The maximum absolute atomic E-state index is 14.0. The first kappa shape index (κ1) is 48.8. The predicted molar refractivity (Wildman–Crippen MR) is 218 cm³/mol. The van der Waals surface area contributed by atoms with E-state index in [0.717, 1.165) is 74.7 Å². The SMILES string of the molecule is CCCC1C=C(C(C)(C)C)C=C1c1c(C)c(C(C)(C)C)c(=C(c2ccc(C(F)(F)F)cc2)c2ccc(C(F)(F)F)cc2)c2c1[C]([Zr+2])=c1cc(C)c(C(C)(C)C)cc1=2.[Cl-].[Cl-]. The average Bonchev–Trinajstić information content (AvgIpc) is 3.62. The molecule has 0 heterocycles. The van der Waals surface area contributed by atoms with Crippen molar-refractivity contribution in [2.24, 2.45) is 11.3 Å². The summed E-state index contributed by atoms with van der Waals surface area (Å²) in [6.07, 6.45) is -2.30. The standard InChI is InChI=1S/C50H53F6.2ClH.Zr/c1-13-14-32-24-36(46(4,5)6)26-37(32)41-29(3)45(48(10,11)12)44(43-38-27-40(47(7,8)9)28(2)23-33(38)25-39(41)43)42(30-15-19-34(20-16-30)49(51,52)53)31-17-21-35(22-18-31)50(54,55)56;;;/h15-24,26-27,32H,13-14H2,1-12H3;2*1H;/q;;;+2/p-2. The second-order valence-corrected chi connectivity index (χ2v) is 20.2. The van der Waals surface area contributed by atoms with E-state index in [1.165, 1.54) is 80.1 Å². The number of aryl methyl sites for hydroxylation is 1. The van der Waals surface area contributed by atoms with E-state index in [-0.39, 0.29) is 41.6 Å². The quantitative estimate of drug-likeness (QED) is 0.185. The van der Waals surface area contributed by atoms with Crippen molar-refractivity contribution in [3.8, 4) is 0 Å². The van der Waals surface area contributed by atoms with E-state index in [1.54, 1.807) is 0 Å². The number of hydrogen-bond acceptors (Lipinski definition) is 0. The van der Waals surface area contributed by atoms with Gasteiger partial charge in [0.1, 0.15) is 0 Å². The molecule has 59 heavy (non-hydrogen) atoms. The molecule has 1 atom stereocenters. The number of hydrogen-bond donors (Lipinski definition) is 0. The third kappa shape index (κ3) is 9.19. The maximum Gasteiger partial charge on any atom is -1.00 e. The van der Waals surface area contributed by atoms with Gasteiger partial charge in [-0.1, -0.05) is 0 Å². The van der Waals surface area contributed by atoms with E-state index in [2.05, 4.69) is 107 Å². The molecular weight excluding hydrogens is 877 g/mol. The summed E-state index contributed by atoms with van der Waals surface area (Å²) < 4.78 is 85.3. The molecule has 2 aliphatic carbocycles. The summed E-state index contributed by atoms with van der Waals surface area (Å²) in [6.45, 7) is 26.3. The van der Waals surface area contributed by atoms with Crippen molar-refractivity contribution in [1.82, 2.24) is 0 Å². The van der Waals surface area contributed by atoms with E-state index in [9.17, 15) is 26.3 Å². The fraction of sp³-hybridized carbons (Fsp3) is 0.400. The molecule has 4 aromatic carbocycles. The van der Waals surface area contributed by atoms with Crippen LogP contribution in [0.2, 0.25) is 0 Å². The Morgan fingerprint density at radius 2 is 1.14 bits per heavy atom. The number of benzene rings is 4. The van der Waals surface area contributed by atoms with Crippen LogP contribution < -0.4 is 35.3 Å². The molecule has 4 aromatic rings. The molecule has 0 aromatic heterocycles. The van der Waals surface area contributed by atoms with Gasteiger partial charge < -0.3 is 24.8 Å². The molecule has 2 aliphatic rings. The maximum atomic E-state index is 14.0. The Hall–Kier alpha value is -2.86. The van der Waals surface area contributed by atoms with Crippen molar-refractivity contribution in [2.75, 3.05) is 0 Å². The van der Waals surface area contributed by atoms with Gasteiger partial charge in [-0.15, -0.1) is 0 Å². The Morgan fingerprint density at radius 3 is 1.54 bits per heavy atom. The van der Waals surface area contributed by atoms with Gasteiger partial charge in [0, 0.05) is 0 Å². The summed E-state index contributed by atoms with van der Waals surface area (Å²) in [5, 5.41) is 4.05. The molecule has 0 fully saturated rings. The summed E-state index contributed by atoms with van der Waals surface area (Å²) in [6, 6.07) is 14.8. The number of allylic oxidation sites excluding steroid dienone is 4. The van der Waals surface area contributed by atoms with Gasteiger partial charge in [-0.2, -0.15) is 0 Å². The summed E-state index contributed by atoms with van der Waals surface area (Å²) in [5.74, 6) is 0.193. The summed E-state index contributed by atoms with van der Waals surface area (Å²) in [4.78, 5) is 0. The number of alkyl halides is 6. The van der Waals surface area contributed by atoms with Crippen LogP contribution in [0.1, 0.15) is 138 Å². The van der Waals surface area contributed by atoms with Crippen molar-refractivity contribution < 1.29 is 75.9 Å². The molecule has 0 nitrogen and oxygen atoms in total. The summed E-state index contributed by atoms with van der Waals surface area (Å²) in [7, 11) is 0. The van der Waals surface area contributed by atoms with Gasteiger partial charge in [0.25, 0.3) is 0 Å². The van der Waals surface area contributed by atoms with Gasteiger partial charge in [-0.3, -0.25) is 0 Å². The zero-order valence-electron chi connectivity index (χ0n) is 35.9. The molecular formula is C50H53Cl2F6Zr. The molecule has 0 saturated heterocycles. The molecule has 0 amide bonds. The van der Waals surface area contributed by atoms with Crippen molar-refractivity contribution in [1.29, 1.82) is 0 Å². The average molecular weight is 930 g/mol. The molecule has 0 aliphatic heterocycles. The normalized spacial score (nSPS) is 15.6. The van der Waals surface area contributed by atoms with Crippen LogP contribution in [0, 0.1) is 35.6 Å². The van der Waals surface area contributed by atoms with Crippen molar-refractivity contribution in [2.45, 2.75) is 119 Å². The van der Waals surface area contributed by atoms with Crippen LogP contribution in [0.5, 0.6) is 0 Å². The van der Waals surface area contributed by atoms with E-state index in [0.29, 0.717) is 16.7 Å². The van der Waals surface area contributed by atoms with Crippen molar-refractivity contribution >= 4 is 14.4 Å². The molecule has 313 valence electrons. The van der Waals surface area contributed by atoms with Gasteiger partial charge in [-0.05, 0) is 0 Å². The molecule has 0 saturated carbocycles. The first-order valence-corrected chi connectivity index (χ1v) is 21.0. The van der Waals surface area contributed by atoms with Gasteiger partial charge in [0.2, 0.25) is 0 Å². The molecule has 6 rings (SSSR count). The molecule has 0 N–H and O–H groups in total. The van der Waals surface area contributed by atoms with Crippen molar-refractivity contribution in [3.63, 3.8) is 0 Å². The first-order chi connectivity index (χ1) is 26.2. The van der Waals surface area contributed by atoms with Crippen LogP contribution in [-0.4, -0.2) is 0 Å². The third-order valence-corrected chi connectivity index (χ3v) is 12.8. The van der Waals surface area contributed by atoms with Crippen LogP contribution in [0.4, 0.5) is 26.3 Å². The largest absolute Gasteiger partial charge is 1.00 e. The van der Waals surface area contributed by atoms with E-state index in [4.69, 9.17) is 0 Å². The molecule has 0 radical (unpaired) electrons. The molecule has 9 heteroatoms. The third-order valence-electron chi connectivity index (χ3n) is 11.6. The van der Waals surface area contributed by atoms with Gasteiger partial charge in [0.05, 0.1) is 0 Å². The second kappa shape index (κ2) is 16.8. The van der Waals surface area contributed by atoms with Gasteiger partial charge in [-0.25, -0.2) is 0 Å². The van der Waals surface area contributed by atoms with Gasteiger partial charge >= 0.3 is 351 Å². The number of rotatable bonds is 5. The Bertz CT molecular complexity index is 2490. The van der Waals surface area contributed by atoms with Crippen LogP contribution in [0.25, 0.3) is 14.4 Å². The van der Waals surface area contributed by atoms with Crippen LogP contribution in [0.15, 0.2) is 78.4 Å². The summed E-state index contributed by atoms with van der Waals surface area (Å²) in [5.41, 5.74) is 8.67. The minimum absolute atomic E-state index is 0. The molecule has 0 bridgehead atoms. The van der Waals surface area contributed by atoms with Crippen LogP contribution in [-0.2, 0) is 47.9 Å². The molecule has 0 spiro atoms. The van der Waals surface area contributed by atoms with Crippen molar-refractivity contribution in [3.05, 3.63) is 155 Å². The van der Waals surface area contributed by atoms with Crippen LogP contribution >= 0.6 is 0 Å². The zero-order chi connectivity index (χ0) is 42.4. The second-order valence-electron chi connectivity index (χ2n) is 19.0. The topological polar surface area (TPSA) is 0 Å². The van der Waals surface area contributed by atoms with Gasteiger partial charge in [0.15, 0.2) is 0 Å². The predicted octanol–water partition coefficient (Wildman–Crippen LogP) is 7.28. The minimum atomic E-state index is -4.55. The Kier molecular flexibility index (Phi) is 13.9. The minimum Gasteiger partial charge on any atom is -1.00 e. The fourth-order valence-electron chi connectivity index (χ4n) is 9.02. The zero-order valence-corrected chi connectivity index (χ0v) is 39.9. The monoisotopic (exact) mass is 927 g/mol. The van der Waals surface area contributed by atoms with E-state index < -0.39 is 28.9 Å². The fourth-order valence-corrected chi connectivity index (χ4v) is 10.1.